The topological polar surface area (TPSA) is 55.8 Å². The number of unbranched alkanes of at least 4 members (excludes halogenated alkanes) is 10. The van der Waals surface area contributed by atoms with Gasteiger partial charge in [-0.1, -0.05) is 104 Å². The van der Waals surface area contributed by atoms with E-state index in [0.29, 0.717) is 5.75 Å². The fourth-order valence-corrected chi connectivity index (χ4v) is 4.23. The van der Waals surface area contributed by atoms with Crippen LogP contribution in [0.3, 0.4) is 0 Å². The Morgan fingerprint density at radius 3 is 1.93 bits per heavy atom. The third kappa shape index (κ3) is 11.8. The second-order valence-corrected chi connectivity index (χ2v) is 10.6. The number of phosphoric ester groups is 1. The highest BCUT2D eigenvalue weighted by Gasteiger charge is 2.27. The van der Waals surface area contributed by atoms with Crippen molar-refractivity contribution in [3.63, 3.8) is 0 Å². The molecule has 168 valence electrons. The van der Waals surface area contributed by atoms with Crippen molar-refractivity contribution in [2.24, 2.45) is 0 Å². The van der Waals surface area contributed by atoms with E-state index in [-0.39, 0.29) is 12.0 Å². The highest BCUT2D eigenvalue weighted by Crippen LogP contribution is 2.47. The number of benzene rings is 1. The Labute approximate surface area is 179 Å². The summed E-state index contributed by atoms with van der Waals surface area (Å²) in [6, 6.07) is 5.74. The molecule has 1 aromatic rings. The van der Waals surface area contributed by atoms with Crippen LogP contribution in [-0.4, -0.2) is 11.5 Å². The summed E-state index contributed by atoms with van der Waals surface area (Å²) in [6.07, 6.45) is 13.6. The molecule has 0 heterocycles. The van der Waals surface area contributed by atoms with Gasteiger partial charge in [0.2, 0.25) is 0 Å². The van der Waals surface area contributed by atoms with Crippen LogP contribution >= 0.6 is 7.82 Å². The van der Waals surface area contributed by atoms with Crippen molar-refractivity contribution in [2.75, 3.05) is 6.61 Å². The molecule has 1 N–H and O–H groups in total. The van der Waals surface area contributed by atoms with Crippen molar-refractivity contribution in [2.45, 2.75) is 111 Å². The lowest BCUT2D eigenvalue weighted by Gasteiger charge is -2.24. The van der Waals surface area contributed by atoms with E-state index in [0.717, 1.165) is 30.4 Å². The first kappa shape index (κ1) is 26.2. The molecule has 0 aliphatic rings. The molecule has 4 nitrogen and oxygen atoms in total. The third-order valence-corrected chi connectivity index (χ3v) is 6.10. The van der Waals surface area contributed by atoms with E-state index >= 15 is 0 Å². The summed E-state index contributed by atoms with van der Waals surface area (Å²) >= 11 is 0. The molecule has 0 aliphatic carbocycles. The Bertz CT molecular complexity index is 622. The zero-order valence-electron chi connectivity index (χ0n) is 19.3. The fourth-order valence-electron chi connectivity index (χ4n) is 3.42. The van der Waals surface area contributed by atoms with Crippen LogP contribution < -0.4 is 4.52 Å². The van der Waals surface area contributed by atoms with Gasteiger partial charge in [0, 0.05) is 5.56 Å². The van der Waals surface area contributed by atoms with E-state index in [2.05, 4.69) is 27.7 Å². The second-order valence-electron chi connectivity index (χ2n) is 9.18. The molecule has 0 saturated carbocycles. The van der Waals surface area contributed by atoms with Crippen LogP contribution in [0, 0.1) is 6.92 Å². The minimum atomic E-state index is -4.11. The van der Waals surface area contributed by atoms with Gasteiger partial charge in [0.05, 0.1) is 6.61 Å². The van der Waals surface area contributed by atoms with Crippen molar-refractivity contribution in [1.29, 1.82) is 0 Å². The van der Waals surface area contributed by atoms with E-state index in [1.165, 1.54) is 51.4 Å². The normalized spacial score (nSPS) is 14.0. The molecule has 0 aliphatic heterocycles. The number of phosphoric acid groups is 1. The number of aryl methyl sites for hydroxylation is 1. The van der Waals surface area contributed by atoms with Gasteiger partial charge in [0.25, 0.3) is 0 Å². The molecule has 0 aromatic heterocycles. The summed E-state index contributed by atoms with van der Waals surface area (Å²) in [5, 5.41) is 0. The van der Waals surface area contributed by atoms with Crippen molar-refractivity contribution >= 4 is 7.82 Å². The third-order valence-electron chi connectivity index (χ3n) is 5.16. The molecule has 0 spiro atoms. The van der Waals surface area contributed by atoms with Crippen LogP contribution in [0.25, 0.3) is 0 Å². The summed E-state index contributed by atoms with van der Waals surface area (Å²) in [4.78, 5) is 10.1. The maximum Gasteiger partial charge on any atom is 0.527 e. The minimum Gasteiger partial charge on any atom is -0.404 e. The van der Waals surface area contributed by atoms with E-state index in [1.807, 2.05) is 19.1 Å². The zero-order chi connectivity index (χ0) is 21.8. The van der Waals surface area contributed by atoms with Crippen molar-refractivity contribution in [3.8, 4) is 5.75 Å². The molecule has 0 radical (unpaired) electrons. The van der Waals surface area contributed by atoms with Crippen LogP contribution in [0.5, 0.6) is 5.75 Å². The van der Waals surface area contributed by atoms with Gasteiger partial charge in [-0.25, -0.2) is 4.57 Å². The van der Waals surface area contributed by atoms with Gasteiger partial charge in [0.15, 0.2) is 0 Å². The first-order chi connectivity index (χ1) is 13.7. The highest BCUT2D eigenvalue weighted by molar-refractivity contribution is 7.47. The Balaban J connectivity index is 2.25. The van der Waals surface area contributed by atoms with E-state index in [4.69, 9.17) is 9.05 Å². The van der Waals surface area contributed by atoms with Gasteiger partial charge in [-0.05, 0) is 30.4 Å². The van der Waals surface area contributed by atoms with Gasteiger partial charge < -0.3 is 4.52 Å². The lowest BCUT2D eigenvalue weighted by atomic mass is 9.86. The van der Waals surface area contributed by atoms with Crippen molar-refractivity contribution < 1.29 is 18.5 Å². The monoisotopic (exact) mass is 426 g/mol. The van der Waals surface area contributed by atoms with Crippen LogP contribution in [-0.2, 0) is 14.5 Å². The van der Waals surface area contributed by atoms with Gasteiger partial charge in [-0.2, -0.15) is 0 Å². The average molecular weight is 427 g/mol. The Kier molecular flexibility index (Phi) is 12.2. The maximum atomic E-state index is 12.4. The molecule has 0 fully saturated rings. The summed E-state index contributed by atoms with van der Waals surface area (Å²) < 4.78 is 23.0. The largest absolute Gasteiger partial charge is 0.527 e. The van der Waals surface area contributed by atoms with Gasteiger partial charge in [0.1, 0.15) is 5.75 Å². The first-order valence-electron chi connectivity index (χ1n) is 11.4. The predicted molar refractivity (Wildman–Crippen MR) is 123 cm³/mol. The van der Waals surface area contributed by atoms with E-state index in [1.54, 1.807) is 6.07 Å². The maximum absolute atomic E-state index is 12.4. The molecule has 1 aromatic carbocycles. The molecular weight excluding hydrogens is 383 g/mol. The first-order valence-corrected chi connectivity index (χ1v) is 12.9. The zero-order valence-corrected chi connectivity index (χ0v) is 20.2. The fraction of sp³-hybridized carbons (Fsp3) is 0.750. The van der Waals surface area contributed by atoms with E-state index in [9.17, 15) is 9.46 Å². The summed E-state index contributed by atoms with van der Waals surface area (Å²) in [5.74, 6) is 0.433. The standard InChI is InChI=1S/C24H43O4P/c1-6-7-8-9-10-11-12-13-14-15-16-19-27-29(25,26)28-23-20-21(2)17-18-22(23)24(3,4)5/h17-18,20H,6-16,19H2,1-5H3,(H,25,26). The average Bonchev–Trinajstić information content (AvgIpc) is 2.61. The highest BCUT2D eigenvalue weighted by atomic mass is 31.2. The molecule has 1 atom stereocenters. The number of hydrogen-bond acceptors (Lipinski definition) is 3. The summed E-state index contributed by atoms with van der Waals surface area (Å²) in [6.45, 7) is 10.6. The van der Waals surface area contributed by atoms with Gasteiger partial charge >= 0.3 is 7.82 Å². The number of hydrogen-bond donors (Lipinski definition) is 1. The quantitative estimate of drug-likeness (QED) is 0.227. The molecule has 5 heteroatoms. The summed E-state index contributed by atoms with van der Waals surface area (Å²) in [7, 11) is -4.11. The van der Waals surface area contributed by atoms with Crippen molar-refractivity contribution in [1.82, 2.24) is 0 Å². The molecule has 0 saturated heterocycles. The minimum absolute atomic E-state index is 0.182. The molecule has 29 heavy (non-hydrogen) atoms. The molecule has 0 amide bonds. The van der Waals surface area contributed by atoms with Gasteiger partial charge in [-0.15, -0.1) is 0 Å². The molecule has 1 unspecified atom stereocenters. The molecular formula is C24H43O4P. The van der Waals surface area contributed by atoms with Crippen LogP contribution in [0.15, 0.2) is 18.2 Å². The Hall–Kier alpha value is -0.830. The lowest BCUT2D eigenvalue weighted by Crippen LogP contribution is -2.13. The predicted octanol–water partition coefficient (Wildman–Crippen LogP) is 8.10. The second kappa shape index (κ2) is 13.5. The Morgan fingerprint density at radius 2 is 1.41 bits per heavy atom. The smallest absolute Gasteiger partial charge is 0.404 e. The molecule has 1 rings (SSSR count). The van der Waals surface area contributed by atoms with Crippen molar-refractivity contribution in [3.05, 3.63) is 29.3 Å². The van der Waals surface area contributed by atoms with Crippen LogP contribution in [0.2, 0.25) is 0 Å². The number of rotatable bonds is 15. The molecule has 0 bridgehead atoms. The van der Waals surface area contributed by atoms with E-state index < -0.39 is 7.82 Å². The lowest BCUT2D eigenvalue weighted by molar-refractivity contribution is 0.198. The van der Waals surface area contributed by atoms with Crippen LogP contribution in [0.4, 0.5) is 0 Å². The van der Waals surface area contributed by atoms with Crippen LogP contribution in [0.1, 0.15) is 109 Å². The SMILES string of the molecule is CCCCCCCCCCCCCOP(=O)(O)Oc1cc(C)ccc1C(C)(C)C. The Morgan fingerprint density at radius 1 is 0.897 bits per heavy atom. The van der Waals surface area contributed by atoms with Gasteiger partial charge in [-0.3, -0.25) is 9.42 Å². The summed E-state index contributed by atoms with van der Waals surface area (Å²) in [5.41, 5.74) is 1.70.